The average Bonchev–Trinajstić information content (AvgIpc) is 3.22. The second kappa shape index (κ2) is 12.1. The van der Waals surface area contributed by atoms with Crippen molar-refractivity contribution in [3.8, 4) is 5.75 Å². The molecule has 158 valence electrons. The van der Waals surface area contributed by atoms with Gasteiger partial charge in [-0.05, 0) is 47.9 Å². The Morgan fingerprint density at radius 1 is 1.21 bits per heavy atom. The van der Waals surface area contributed by atoms with E-state index in [4.69, 9.17) is 4.74 Å². The standard InChI is InChI=1S/C22H32N4O2S/c1-17(14-20-6-5-13-29-20)15-24-22(25-16-21(27)26(2)3)23-12-11-18-7-9-19(28-4)10-8-18/h5-10,13,17H,11-12,14-16H2,1-4H3,(H2,23,24,25). The van der Waals surface area contributed by atoms with Crippen molar-refractivity contribution in [3.63, 3.8) is 0 Å². The lowest BCUT2D eigenvalue weighted by atomic mass is 10.1. The molecule has 2 rings (SSSR count). The highest BCUT2D eigenvalue weighted by Crippen LogP contribution is 2.14. The van der Waals surface area contributed by atoms with E-state index in [-0.39, 0.29) is 12.5 Å². The van der Waals surface area contributed by atoms with E-state index < -0.39 is 0 Å². The van der Waals surface area contributed by atoms with Gasteiger partial charge in [0.1, 0.15) is 12.3 Å². The van der Waals surface area contributed by atoms with Crippen molar-refractivity contribution < 1.29 is 9.53 Å². The summed E-state index contributed by atoms with van der Waals surface area (Å²) in [7, 11) is 5.15. The van der Waals surface area contributed by atoms with E-state index in [1.54, 1.807) is 37.4 Å². The fraction of sp³-hybridized carbons (Fsp3) is 0.455. The van der Waals surface area contributed by atoms with Gasteiger partial charge < -0.3 is 20.3 Å². The van der Waals surface area contributed by atoms with Gasteiger partial charge in [0.05, 0.1) is 7.11 Å². The fourth-order valence-electron chi connectivity index (χ4n) is 2.70. The summed E-state index contributed by atoms with van der Waals surface area (Å²) in [5.74, 6) is 1.97. The fourth-order valence-corrected chi connectivity index (χ4v) is 3.56. The van der Waals surface area contributed by atoms with Crippen molar-refractivity contribution in [1.82, 2.24) is 15.5 Å². The minimum Gasteiger partial charge on any atom is -0.497 e. The van der Waals surface area contributed by atoms with Gasteiger partial charge in [-0.25, -0.2) is 4.99 Å². The number of thiophene rings is 1. The molecule has 0 bridgehead atoms. The molecule has 2 aromatic rings. The van der Waals surface area contributed by atoms with Gasteiger partial charge in [-0.15, -0.1) is 11.3 Å². The molecule has 1 heterocycles. The Kier molecular flexibility index (Phi) is 9.50. The van der Waals surface area contributed by atoms with Crippen molar-refractivity contribution in [3.05, 3.63) is 52.2 Å². The zero-order chi connectivity index (χ0) is 21.1. The third-order valence-corrected chi connectivity index (χ3v) is 5.38. The number of hydrogen-bond donors (Lipinski definition) is 2. The summed E-state index contributed by atoms with van der Waals surface area (Å²) in [5.41, 5.74) is 1.22. The van der Waals surface area contributed by atoms with E-state index in [1.165, 1.54) is 10.4 Å². The lowest BCUT2D eigenvalue weighted by Crippen LogP contribution is -2.41. The highest BCUT2D eigenvalue weighted by molar-refractivity contribution is 7.09. The van der Waals surface area contributed by atoms with Crippen LogP contribution in [0.1, 0.15) is 17.4 Å². The van der Waals surface area contributed by atoms with Crippen LogP contribution in [0.5, 0.6) is 5.75 Å². The highest BCUT2D eigenvalue weighted by atomic mass is 32.1. The van der Waals surface area contributed by atoms with Gasteiger partial charge in [-0.2, -0.15) is 0 Å². The second-order valence-corrected chi connectivity index (χ2v) is 8.28. The molecule has 0 saturated carbocycles. The molecule has 2 N–H and O–H groups in total. The number of likely N-dealkylation sites (N-methyl/N-ethyl adjacent to an activating group) is 1. The Bertz CT molecular complexity index is 758. The number of benzene rings is 1. The van der Waals surface area contributed by atoms with Crippen LogP contribution in [0.4, 0.5) is 0 Å². The molecule has 0 radical (unpaired) electrons. The maximum atomic E-state index is 11.9. The zero-order valence-electron chi connectivity index (χ0n) is 17.8. The molecule has 1 atom stereocenters. The SMILES string of the molecule is COc1ccc(CCNC(=NCC(=O)N(C)C)NCC(C)Cc2cccs2)cc1. The number of aliphatic imine (C=N–C) groups is 1. The van der Waals surface area contributed by atoms with E-state index >= 15 is 0 Å². The Morgan fingerprint density at radius 3 is 2.59 bits per heavy atom. The predicted molar refractivity (Wildman–Crippen MR) is 121 cm³/mol. The van der Waals surface area contributed by atoms with Crippen molar-refractivity contribution >= 4 is 23.2 Å². The van der Waals surface area contributed by atoms with Gasteiger partial charge >= 0.3 is 0 Å². The number of ether oxygens (including phenoxy) is 1. The molecule has 6 nitrogen and oxygen atoms in total. The Balaban J connectivity index is 1.87. The molecule has 1 amide bonds. The van der Waals surface area contributed by atoms with Crippen LogP contribution in [-0.4, -0.2) is 57.6 Å². The van der Waals surface area contributed by atoms with Crippen molar-refractivity contribution in [2.45, 2.75) is 19.8 Å². The van der Waals surface area contributed by atoms with Crippen LogP contribution in [-0.2, 0) is 17.6 Å². The van der Waals surface area contributed by atoms with Crippen molar-refractivity contribution in [2.24, 2.45) is 10.9 Å². The van der Waals surface area contributed by atoms with E-state index in [2.05, 4.69) is 52.2 Å². The number of hydrogen-bond acceptors (Lipinski definition) is 4. The summed E-state index contributed by atoms with van der Waals surface area (Å²) in [4.78, 5) is 19.3. The minimum absolute atomic E-state index is 0.0205. The quantitative estimate of drug-likeness (QED) is 0.462. The molecule has 1 aromatic heterocycles. The molecular formula is C22H32N4O2S. The van der Waals surface area contributed by atoms with Gasteiger partial charge in [0.15, 0.2) is 5.96 Å². The number of guanidine groups is 1. The van der Waals surface area contributed by atoms with Gasteiger partial charge in [-0.1, -0.05) is 25.1 Å². The third kappa shape index (κ3) is 8.56. The van der Waals surface area contributed by atoms with Gasteiger partial charge in [0.25, 0.3) is 0 Å². The smallest absolute Gasteiger partial charge is 0.243 e. The molecule has 0 saturated heterocycles. The molecule has 0 aliphatic rings. The average molecular weight is 417 g/mol. The number of nitrogens with zero attached hydrogens (tertiary/aromatic N) is 2. The maximum Gasteiger partial charge on any atom is 0.243 e. The second-order valence-electron chi connectivity index (χ2n) is 7.25. The lowest BCUT2D eigenvalue weighted by Gasteiger charge is -2.17. The summed E-state index contributed by atoms with van der Waals surface area (Å²) >= 11 is 1.78. The normalized spacial score (nSPS) is 12.3. The molecule has 0 aliphatic carbocycles. The monoisotopic (exact) mass is 416 g/mol. The van der Waals surface area contributed by atoms with Crippen LogP contribution >= 0.6 is 11.3 Å². The van der Waals surface area contributed by atoms with Crippen LogP contribution in [0, 0.1) is 5.92 Å². The summed E-state index contributed by atoms with van der Waals surface area (Å²) in [6.45, 7) is 3.87. The first-order valence-electron chi connectivity index (χ1n) is 9.85. The first-order valence-corrected chi connectivity index (χ1v) is 10.7. The number of amides is 1. The van der Waals surface area contributed by atoms with Crippen LogP contribution in [0.2, 0.25) is 0 Å². The van der Waals surface area contributed by atoms with E-state index in [1.807, 2.05) is 12.1 Å². The molecule has 0 fully saturated rings. The largest absolute Gasteiger partial charge is 0.497 e. The minimum atomic E-state index is -0.0205. The first kappa shape index (κ1) is 22.7. The third-order valence-electron chi connectivity index (χ3n) is 4.48. The number of methoxy groups -OCH3 is 1. The van der Waals surface area contributed by atoms with E-state index in [0.717, 1.165) is 31.7 Å². The number of rotatable bonds is 10. The van der Waals surface area contributed by atoms with E-state index in [0.29, 0.717) is 11.9 Å². The summed E-state index contributed by atoms with van der Waals surface area (Å²) < 4.78 is 5.20. The van der Waals surface area contributed by atoms with Crippen LogP contribution < -0.4 is 15.4 Å². The van der Waals surface area contributed by atoms with Crippen LogP contribution in [0.15, 0.2) is 46.8 Å². The first-order chi connectivity index (χ1) is 14.0. The lowest BCUT2D eigenvalue weighted by molar-refractivity contribution is -0.127. The molecular weight excluding hydrogens is 384 g/mol. The number of carbonyl (C=O) groups excluding carboxylic acids is 1. The van der Waals surface area contributed by atoms with Gasteiger partial charge in [0.2, 0.25) is 5.91 Å². The summed E-state index contributed by atoms with van der Waals surface area (Å²) in [6, 6.07) is 12.3. The van der Waals surface area contributed by atoms with Crippen molar-refractivity contribution in [2.75, 3.05) is 40.8 Å². The Labute approximate surface area is 178 Å². The Hall–Kier alpha value is -2.54. The molecule has 0 spiro atoms. The van der Waals surface area contributed by atoms with Crippen LogP contribution in [0.25, 0.3) is 0 Å². The molecule has 29 heavy (non-hydrogen) atoms. The molecule has 1 aromatic carbocycles. The highest BCUT2D eigenvalue weighted by Gasteiger charge is 2.08. The Morgan fingerprint density at radius 2 is 1.97 bits per heavy atom. The van der Waals surface area contributed by atoms with Gasteiger partial charge in [-0.3, -0.25) is 4.79 Å². The molecule has 7 heteroatoms. The maximum absolute atomic E-state index is 11.9. The zero-order valence-corrected chi connectivity index (χ0v) is 18.6. The van der Waals surface area contributed by atoms with Gasteiger partial charge in [0, 0.05) is 32.1 Å². The molecule has 1 unspecified atom stereocenters. The van der Waals surface area contributed by atoms with Crippen LogP contribution in [0.3, 0.4) is 0 Å². The van der Waals surface area contributed by atoms with Crippen molar-refractivity contribution in [1.29, 1.82) is 0 Å². The topological polar surface area (TPSA) is 66.0 Å². The predicted octanol–water partition coefficient (Wildman–Crippen LogP) is 2.80. The van der Waals surface area contributed by atoms with E-state index in [9.17, 15) is 4.79 Å². The summed E-state index contributed by atoms with van der Waals surface area (Å²) in [6.07, 6.45) is 1.89. The summed E-state index contributed by atoms with van der Waals surface area (Å²) in [5, 5.41) is 8.84. The number of carbonyl (C=O) groups is 1. The molecule has 0 aliphatic heterocycles. The number of nitrogens with one attached hydrogen (secondary N) is 2.